The van der Waals surface area contributed by atoms with Crippen LogP contribution in [-0.4, -0.2) is 14.9 Å². The maximum absolute atomic E-state index is 3.72. The van der Waals surface area contributed by atoms with Crippen molar-refractivity contribution in [2.75, 3.05) is 7.05 Å². The van der Waals surface area contributed by atoms with Crippen molar-refractivity contribution >= 4 is 7.85 Å². The molecule has 1 N–H and O–H groups in total. The average Bonchev–Trinajstić information content (AvgIpc) is 2.13. The quantitative estimate of drug-likeness (QED) is 0.475. The van der Waals surface area contributed by atoms with Gasteiger partial charge in [0.1, 0.15) is 7.85 Å². The molecule has 0 saturated carbocycles. The Morgan fingerprint density at radius 2 is 2.00 bits per heavy atom. The van der Waals surface area contributed by atoms with Crippen molar-refractivity contribution in [3.63, 3.8) is 0 Å². The fourth-order valence-electron chi connectivity index (χ4n) is 0.780. The molecular formula is C10H16BN. The zero-order chi connectivity index (χ0) is 9.40. The first-order valence-electron chi connectivity index (χ1n) is 4.12. The van der Waals surface area contributed by atoms with Crippen molar-refractivity contribution in [1.82, 2.24) is 5.32 Å². The van der Waals surface area contributed by atoms with E-state index in [1.807, 2.05) is 25.3 Å². The third-order valence-electron chi connectivity index (χ3n) is 1.66. The molecule has 0 aromatic carbocycles. The summed E-state index contributed by atoms with van der Waals surface area (Å²) in [6.45, 7) is 7.39. The van der Waals surface area contributed by atoms with Crippen molar-refractivity contribution < 1.29 is 0 Å². The second-order valence-electron chi connectivity index (χ2n) is 2.38. The molecule has 0 fully saturated rings. The lowest BCUT2D eigenvalue weighted by molar-refractivity contribution is 1.03. The lowest BCUT2D eigenvalue weighted by atomic mass is 9.96. The molecule has 0 saturated heterocycles. The SMILES string of the molecule is BC/C(C=C)=C/C=C(\C=C)NC. The second kappa shape index (κ2) is 6.53. The van der Waals surface area contributed by atoms with Gasteiger partial charge in [-0.2, -0.15) is 0 Å². The number of hydrogen-bond acceptors (Lipinski definition) is 1. The van der Waals surface area contributed by atoms with E-state index in [0.29, 0.717) is 0 Å². The van der Waals surface area contributed by atoms with Crippen LogP contribution < -0.4 is 5.32 Å². The summed E-state index contributed by atoms with van der Waals surface area (Å²) in [4.78, 5) is 0. The monoisotopic (exact) mass is 161 g/mol. The number of nitrogens with one attached hydrogen (secondary N) is 1. The molecule has 0 atom stereocenters. The largest absolute Gasteiger partial charge is 0.388 e. The fourth-order valence-corrected chi connectivity index (χ4v) is 0.780. The van der Waals surface area contributed by atoms with Crippen LogP contribution in [0.2, 0.25) is 6.32 Å². The molecule has 0 aromatic rings. The molecule has 0 amide bonds. The Hall–Kier alpha value is -1.18. The number of likely N-dealkylation sites (N-methyl/N-ethyl adjacent to an activating group) is 1. The first kappa shape index (κ1) is 10.8. The molecule has 0 unspecified atom stereocenters. The van der Waals surface area contributed by atoms with E-state index in [0.717, 1.165) is 12.0 Å². The Morgan fingerprint density at radius 1 is 1.33 bits per heavy atom. The van der Waals surface area contributed by atoms with Crippen molar-refractivity contribution in [2.24, 2.45) is 0 Å². The third kappa shape index (κ3) is 3.86. The Balaban J connectivity index is 4.40. The topological polar surface area (TPSA) is 12.0 Å². The van der Waals surface area contributed by atoms with Crippen LogP contribution in [-0.2, 0) is 0 Å². The Labute approximate surface area is 76.0 Å². The van der Waals surface area contributed by atoms with Gasteiger partial charge in [0.25, 0.3) is 0 Å². The second-order valence-corrected chi connectivity index (χ2v) is 2.38. The number of hydrogen-bond donors (Lipinski definition) is 1. The van der Waals surface area contributed by atoms with Crippen LogP contribution in [0.4, 0.5) is 0 Å². The highest BCUT2D eigenvalue weighted by Crippen LogP contribution is 2.01. The molecule has 0 spiro atoms. The Morgan fingerprint density at radius 3 is 2.33 bits per heavy atom. The highest BCUT2D eigenvalue weighted by molar-refractivity contribution is 6.10. The predicted octanol–water partition coefficient (Wildman–Crippen LogP) is 1.44. The zero-order valence-corrected chi connectivity index (χ0v) is 7.93. The van der Waals surface area contributed by atoms with Gasteiger partial charge in [0.05, 0.1) is 0 Å². The summed E-state index contributed by atoms with van der Waals surface area (Å²) in [5.74, 6) is 0. The van der Waals surface area contributed by atoms with Crippen LogP contribution in [0, 0.1) is 0 Å². The van der Waals surface area contributed by atoms with Crippen molar-refractivity contribution in [1.29, 1.82) is 0 Å². The van der Waals surface area contributed by atoms with Crippen LogP contribution in [0.15, 0.2) is 48.7 Å². The lowest BCUT2D eigenvalue weighted by Crippen LogP contribution is -2.01. The summed E-state index contributed by atoms with van der Waals surface area (Å²) in [6.07, 6.45) is 8.70. The van der Waals surface area contributed by atoms with E-state index in [4.69, 9.17) is 0 Å². The lowest BCUT2D eigenvalue weighted by Gasteiger charge is -1.97. The van der Waals surface area contributed by atoms with Gasteiger partial charge < -0.3 is 5.32 Å². The summed E-state index contributed by atoms with van der Waals surface area (Å²) >= 11 is 0. The van der Waals surface area contributed by atoms with Crippen molar-refractivity contribution in [2.45, 2.75) is 6.32 Å². The minimum atomic E-state index is 1.01. The van der Waals surface area contributed by atoms with Gasteiger partial charge >= 0.3 is 0 Å². The molecule has 0 aliphatic carbocycles. The van der Waals surface area contributed by atoms with Crippen LogP contribution in [0.1, 0.15) is 0 Å². The molecule has 0 aliphatic heterocycles. The minimum Gasteiger partial charge on any atom is -0.388 e. The van der Waals surface area contributed by atoms with E-state index in [1.165, 1.54) is 5.57 Å². The zero-order valence-electron chi connectivity index (χ0n) is 7.93. The summed E-state index contributed by atoms with van der Waals surface area (Å²) in [7, 11) is 3.98. The van der Waals surface area contributed by atoms with Gasteiger partial charge in [-0.25, -0.2) is 0 Å². The predicted molar refractivity (Wildman–Crippen MR) is 59.0 cm³/mol. The molecule has 0 bridgehead atoms. The molecule has 64 valence electrons. The maximum Gasteiger partial charge on any atom is 0.107 e. The standard InChI is InChI=1S/C10H16BN/c1-4-9(8-11)6-7-10(5-2)12-3/h4-7,12H,1-2,8,11H2,3H3/b9-6+,10-7+. The van der Waals surface area contributed by atoms with Crippen LogP contribution in [0.5, 0.6) is 0 Å². The average molecular weight is 161 g/mol. The molecule has 0 aliphatic rings. The summed E-state index contributed by atoms with van der Waals surface area (Å²) < 4.78 is 0. The number of allylic oxidation sites excluding steroid dienone is 5. The molecule has 2 heteroatoms. The van der Waals surface area contributed by atoms with Crippen LogP contribution in [0.25, 0.3) is 0 Å². The summed E-state index contributed by atoms with van der Waals surface area (Å²) in [5.41, 5.74) is 2.24. The van der Waals surface area contributed by atoms with E-state index in [9.17, 15) is 0 Å². The molecular weight excluding hydrogens is 145 g/mol. The highest BCUT2D eigenvalue weighted by atomic mass is 14.8. The molecule has 12 heavy (non-hydrogen) atoms. The van der Waals surface area contributed by atoms with Crippen LogP contribution in [0.3, 0.4) is 0 Å². The van der Waals surface area contributed by atoms with E-state index in [2.05, 4.69) is 26.3 Å². The van der Waals surface area contributed by atoms with Gasteiger partial charge in [0.15, 0.2) is 0 Å². The molecule has 1 nitrogen and oxygen atoms in total. The van der Waals surface area contributed by atoms with Gasteiger partial charge in [-0.15, -0.1) is 0 Å². The van der Waals surface area contributed by atoms with E-state index in [-0.39, 0.29) is 0 Å². The summed E-state index contributed by atoms with van der Waals surface area (Å²) in [6, 6.07) is 0. The molecule has 0 rings (SSSR count). The normalized spacial score (nSPS) is 12.4. The van der Waals surface area contributed by atoms with Gasteiger partial charge in [-0.3, -0.25) is 0 Å². The van der Waals surface area contributed by atoms with Crippen molar-refractivity contribution in [3.05, 3.63) is 48.7 Å². The first-order chi connectivity index (χ1) is 5.78. The Bertz CT molecular complexity index is 190. The smallest absolute Gasteiger partial charge is 0.107 e. The van der Waals surface area contributed by atoms with Gasteiger partial charge in [-0.1, -0.05) is 37.2 Å². The molecule has 0 aromatic heterocycles. The van der Waals surface area contributed by atoms with Gasteiger partial charge in [0, 0.05) is 12.7 Å². The van der Waals surface area contributed by atoms with E-state index >= 15 is 0 Å². The van der Waals surface area contributed by atoms with E-state index < -0.39 is 0 Å². The molecule has 0 heterocycles. The number of rotatable bonds is 5. The van der Waals surface area contributed by atoms with Gasteiger partial charge in [0.2, 0.25) is 0 Å². The first-order valence-corrected chi connectivity index (χ1v) is 4.12. The minimum absolute atomic E-state index is 1.01. The Kier molecular flexibility index (Phi) is 5.89. The van der Waals surface area contributed by atoms with Crippen LogP contribution >= 0.6 is 0 Å². The fraction of sp³-hybridized carbons (Fsp3) is 0.200. The third-order valence-corrected chi connectivity index (χ3v) is 1.66. The van der Waals surface area contributed by atoms with Gasteiger partial charge in [-0.05, 0) is 12.2 Å². The molecule has 0 radical (unpaired) electrons. The highest BCUT2D eigenvalue weighted by Gasteiger charge is 1.85. The maximum atomic E-state index is 3.72. The van der Waals surface area contributed by atoms with Crippen molar-refractivity contribution in [3.8, 4) is 0 Å². The van der Waals surface area contributed by atoms with E-state index in [1.54, 1.807) is 6.08 Å². The summed E-state index contributed by atoms with van der Waals surface area (Å²) in [5, 5.41) is 3.02.